The van der Waals surface area contributed by atoms with Gasteiger partial charge in [0.25, 0.3) is 11.6 Å². The predicted molar refractivity (Wildman–Crippen MR) is 112 cm³/mol. The molecule has 3 heterocycles. The quantitative estimate of drug-likeness (QED) is 0.407. The molecule has 0 saturated carbocycles. The van der Waals surface area contributed by atoms with Gasteiger partial charge < -0.3 is 9.80 Å². The third kappa shape index (κ3) is 4.39. The van der Waals surface area contributed by atoms with Gasteiger partial charge in [0, 0.05) is 32.2 Å². The minimum Gasteiger partial charge on any atom is -0.362 e. The highest BCUT2D eigenvalue weighted by Gasteiger charge is 2.34. The molecule has 1 aliphatic heterocycles. The highest BCUT2D eigenvalue weighted by molar-refractivity contribution is 7.21. The molecule has 0 spiro atoms. The molecule has 4 rings (SSSR count). The predicted octanol–water partition coefficient (Wildman–Crippen LogP) is 4.76. The third-order valence-electron chi connectivity index (χ3n) is 4.86. The van der Waals surface area contributed by atoms with Crippen molar-refractivity contribution in [3.05, 3.63) is 62.5 Å². The summed E-state index contributed by atoms with van der Waals surface area (Å²) in [5, 5.41) is 14.0. The standard InChI is InChI=1S/C19H15F3N4O3S2/c20-19(21,22)12-3-4-13(14(10-12)26(28)29)24-5-7-25(8-6-24)18(27)16-11-23-17(31-16)15-2-1-9-30-15/h1-4,9-11H,5-8H2. The largest absolute Gasteiger partial charge is 0.416 e. The number of hydrogen-bond acceptors (Lipinski definition) is 7. The lowest BCUT2D eigenvalue weighted by molar-refractivity contribution is -0.384. The van der Waals surface area contributed by atoms with Crippen LogP contribution in [0.2, 0.25) is 0 Å². The van der Waals surface area contributed by atoms with Gasteiger partial charge in [-0.15, -0.1) is 22.7 Å². The van der Waals surface area contributed by atoms with Gasteiger partial charge in [-0.3, -0.25) is 14.9 Å². The lowest BCUT2D eigenvalue weighted by Gasteiger charge is -2.35. The van der Waals surface area contributed by atoms with E-state index in [-0.39, 0.29) is 24.7 Å². The van der Waals surface area contributed by atoms with Crippen LogP contribution in [0.4, 0.5) is 24.5 Å². The Balaban J connectivity index is 1.46. The molecule has 0 N–H and O–H groups in total. The lowest BCUT2D eigenvalue weighted by atomic mass is 10.1. The first-order valence-electron chi connectivity index (χ1n) is 9.13. The molecule has 3 aromatic rings. The first-order valence-corrected chi connectivity index (χ1v) is 10.8. The summed E-state index contributed by atoms with van der Waals surface area (Å²) in [5.41, 5.74) is -1.55. The Morgan fingerprint density at radius 2 is 1.90 bits per heavy atom. The molecule has 1 aromatic carbocycles. The zero-order valence-electron chi connectivity index (χ0n) is 15.8. The van der Waals surface area contributed by atoms with Gasteiger partial charge in [-0.1, -0.05) is 6.07 Å². The van der Waals surface area contributed by atoms with Crippen molar-refractivity contribution in [2.24, 2.45) is 0 Å². The molecular formula is C19H15F3N4O3S2. The number of benzene rings is 1. The molecule has 2 aromatic heterocycles. The fourth-order valence-corrected chi connectivity index (χ4v) is 4.99. The molecule has 1 amide bonds. The maximum atomic E-state index is 12.9. The number of rotatable bonds is 4. The van der Waals surface area contributed by atoms with Crippen molar-refractivity contribution in [2.75, 3.05) is 31.1 Å². The summed E-state index contributed by atoms with van der Waals surface area (Å²) in [6.07, 6.45) is -3.12. The van der Waals surface area contributed by atoms with E-state index in [0.29, 0.717) is 24.0 Å². The van der Waals surface area contributed by atoms with Gasteiger partial charge >= 0.3 is 6.18 Å². The summed E-state index contributed by atoms with van der Waals surface area (Å²) in [6, 6.07) is 6.34. The summed E-state index contributed by atoms with van der Waals surface area (Å²) in [4.78, 5) is 32.4. The Labute approximate surface area is 182 Å². The molecule has 0 radical (unpaired) electrons. The zero-order chi connectivity index (χ0) is 22.2. The number of thiophene rings is 1. The van der Waals surface area contributed by atoms with Crippen LogP contribution in [-0.2, 0) is 6.18 Å². The van der Waals surface area contributed by atoms with E-state index in [9.17, 15) is 28.1 Å². The molecule has 0 bridgehead atoms. The zero-order valence-corrected chi connectivity index (χ0v) is 17.5. The van der Waals surface area contributed by atoms with Crippen molar-refractivity contribution >= 4 is 40.0 Å². The second kappa shape index (κ2) is 8.27. The van der Waals surface area contributed by atoms with Crippen LogP contribution in [0.3, 0.4) is 0 Å². The molecule has 31 heavy (non-hydrogen) atoms. The van der Waals surface area contributed by atoms with Crippen molar-refractivity contribution in [1.29, 1.82) is 0 Å². The molecule has 1 aliphatic rings. The third-order valence-corrected chi connectivity index (χ3v) is 6.88. The molecule has 1 saturated heterocycles. The van der Waals surface area contributed by atoms with Gasteiger partial charge in [-0.25, -0.2) is 4.98 Å². The van der Waals surface area contributed by atoms with E-state index < -0.39 is 22.4 Å². The number of alkyl halides is 3. The Kier molecular flexibility index (Phi) is 5.67. The molecule has 12 heteroatoms. The van der Waals surface area contributed by atoms with Gasteiger partial charge in [0.05, 0.1) is 21.6 Å². The van der Waals surface area contributed by atoms with Crippen molar-refractivity contribution in [3.8, 4) is 9.88 Å². The first kappa shape index (κ1) is 21.2. The van der Waals surface area contributed by atoms with E-state index in [1.54, 1.807) is 9.80 Å². The van der Waals surface area contributed by atoms with Gasteiger partial charge in [0.15, 0.2) is 0 Å². The van der Waals surface area contributed by atoms with Crippen LogP contribution in [-0.4, -0.2) is 46.9 Å². The monoisotopic (exact) mass is 468 g/mol. The second-order valence-electron chi connectivity index (χ2n) is 6.74. The number of amides is 1. The average Bonchev–Trinajstić information content (AvgIpc) is 3.44. The van der Waals surface area contributed by atoms with Crippen molar-refractivity contribution in [2.45, 2.75) is 6.18 Å². The molecule has 0 atom stereocenters. The number of thiazole rings is 1. The SMILES string of the molecule is O=C(c1cnc(-c2cccs2)s1)N1CCN(c2ccc(C(F)(F)F)cc2[N+](=O)[O-])CC1. The van der Waals surface area contributed by atoms with Crippen LogP contribution in [0.5, 0.6) is 0 Å². The van der Waals surface area contributed by atoms with E-state index in [4.69, 9.17) is 0 Å². The summed E-state index contributed by atoms with van der Waals surface area (Å²) < 4.78 is 38.7. The highest BCUT2D eigenvalue weighted by Crippen LogP contribution is 2.37. The molecule has 7 nitrogen and oxygen atoms in total. The Bertz CT molecular complexity index is 1110. The number of carbonyl (C=O) groups is 1. The Morgan fingerprint density at radius 1 is 1.16 bits per heavy atom. The number of nitro benzene ring substituents is 1. The van der Waals surface area contributed by atoms with Crippen LogP contribution < -0.4 is 4.90 Å². The van der Waals surface area contributed by atoms with Gasteiger partial charge in [-0.2, -0.15) is 13.2 Å². The van der Waals surface area contributed by atoms with E-state index in [1.807, 2.05) is 17.5 Å². The van der Waals surface area contributed by atoms with Crippen LogP contribution in [0.15, 0.2) is 41.9 Å². The second-order valence-corrected chi connectivity index (χ2v) is 8.72. The number of hydrogen-bond donors (Lipinski definition) is 0. The minimum absolute atomic E-state index is 0.114. The minimum atomic E-state index is -4.66. The topological polar surface area (TPSA) is 79.6 Å². The molecule has 0 unspecified atom stereocenters. The maximum absolute atomic E-state index is 12.9. The number of piperazine rings is 1. The van der Waals surface area contributed by atoms with E-state index in [1.165, 1.54) is 28.9 Å². The molecule has 0 aliphatic carbocycles. The van der Waals surface area contributed by atoms with Crippen LogP contribution in [0.25, 0.3) is 9.88 Å². The number of nitrogens with zero attached hydrogens (tertiary/aromatic N) is 4. The fraction of sp³-hybridized carbons (Fsp3) is 0.263. The number of carbonyl (C=O) groups excluding carboxylic acids is 1. The Morgan fingerprint density at radius 3 is 2.52 bits per heavy atom. The number of halogens is 3. The van der Waals surface area contributed by atoms with E-state index in [0.717, 1.165) is 22.0 Å². The van der Waals surface area contributed by atoms with Crippen LogP contribution >= 0.6 is 22.7 Å². The average molecular weight is 468 g/mol. The summed E-state index contributed by atoms with van der Waals surface area (Å²) in [6.45, 7) is 1.13. The number of anilines is 1. The summed E-state index contributed by atoms with van der Waals surface area (Å²) in [7, 11) is 0. The normalized spacial score (nSPS) is 14.7. The van der Waals surface area contributed by atoms with Crippen molar-refractivity contribution in [1.82, 2.24) is 9.88 Å². The number of aromatic nitrogens is 1. The van der Waals surface area contributed by atoms with Crippen molar-refractivity contribution < 1.29 is 22.9 Å². The highest BCUT2D eigenvalue weighted by atomic mass is 32.1. The van der Waals surface area contributed by atoms with Gasteiger partial charge in [0.2, 0.25) is 0 Å². The van der Waals surface area contributed by atoms with E-state index in [2.05, 4.69) is 4.98 Å². The molecule has 162 valence electrons. The summed E-state index contributed by atoms with van der Waals surface area (Å²) in [5.74, 6) is -0.179. The smallest absolute Gasteiger partial charge is 0.362 e. The van der Waals surface area contributed by atoms with Gasteiger partial charge in [0.1, 0.15) is 15.6 Å². The number of nitro groups is 1. The fourth-order valence-electron chi connectivity index (χ4n) is 3.31. The molecular weight excluding hydrogens is 453 g/mol. The van der Waals surface area contributed by atoms with Crippen LogP contribution in [0.1, 0.15) is 15.2 Å². The lowest BCUT2D eigenvalue weighted by Crippen LogP contribution is -2.48. The Hall–Kier alpha value is -2.99. The molecule has 1 fully saturated rings. The van der Waals surface area contributed by atoms with E-state index >= 15 is 0 Å². The van der Waals surface area contributed by atoms with Crippen LogP contribution in [0, 0.1) is 10.1 Å². The van der Waals surface area contributed by atoms with Gasteiger partial charge in [-0.05, 0) is 23.6 Å². The van der Waals surface area contributed by atoms with Crippen molar-refractivity contribution in [3.63, 3.8) is 0 Å². The maximum Gasteiger partial charge on any atom is 0.416 e. The first-order chi connectivity index (χ1) is 14.7. The summed E-state index contributed by atoms with van der Waals surface area (Å²) >= 11 is 2.83.